The molecule has 0 radical (unpaired) electrons. The Labute approximate surface area is 109 Å². The van der Waals surface area contributed by atoms with E-state index in [1.807, 2.05) is 6.92 Å². The van der Waals surface area contributed by atoms with Gasteiger partial charge >= 0.3 is 0 Å². The lowest BCUT2D eigenvalue weighted by Crippen LogP contribution is -2.19. The smallest absolute Gasteiger partial charge is 0.274 e. The predicted octanol–water partition coefficient (Wildman–Crippen LogP) is 2.14. The third-order valence-corrected chi connectivity index (χ3v) is 2.74. The monoisotopic (exact) mass is 262 g/mol. The average molecular weight is 262 g/mol. The lowest BCUT2D eigenvalue weighted by Gasteiger charge is -2.12. The zero-order valence-electron chi connectivity index (χ0n) is 10.7. The van der Waals surface area contributed by atoms with Crippen LogP contribution in [0.3, 0.4) is 0 Å². The SMILES string of the molecule is Cc1nc(CNC(C)c2ccccc2[N+](=O)[O-])no1. The normalized spacial score (nSPS) is 12.3. The molecule has 1 N–H and O–H groups in total. The molecule has 100 valence electrons. The second-order valence-corrected chi connectivity index (χ2v) is 4.15. The van der Waals surface area contributed by atoms with E-state index in [4.69, 9.17) is 4.52 Å². The number of nitro benzene ring substituents is 1. The Morgan fingerprint density at radius 1 is 1.47 bits per heavy atom. The predicted molar refractivity (Wildman–Crippen MR) is 67.4 cm³/mol. The largest absolute Gasteiger partial charge is 0.340 e. The van der Waals surface area contributed by atoms with Crippen LogP contribution in [0.1, 0.15) is 30.2 Å². The molecule has 0 amide bonds. The summed E-state index contributed by atoms with van der Waals surface area (Å²) < 4.78 is 4.86. The summed E-state index contributed by atoms with van der Waals surface area (Å²) in [5.74, 6) is 1.03. The van der Waals surface area contributed by atoms with Crippen molar-refractivity contribution >= 4 is 5.69 Å². The first-order valence-electron chi connectivity index (χ1n) is 5.84. The zero-order valence-corrected chi connectivity index (χ0v) is 10.7. The van der Waals surface area contributed by atoms with Crippen LogP contribution in [0.5, 0.6) is 0 Å². The number of nitrogens with zero attached hydrogens (tertiary/aromatic N) is 3. The van der Waals surface area contributed by atoms with Crippen LogP contribution in [0, 0.1) is 17.0 Å². The zero-order chi connectivity index (χ0) is 13.8. The molecule has 1 atom stereocenters. The van der Waals surface area contributed by atoms with Gasteiger partial charge in [-0.2, -0.15) is 4.98 Å². The highest BCUT2D eigenvalue weighted by molar-refractivity contribution is 5.41. The molecule has 0 fully saturated rings. The minimum Gasteiger partial charge on any atom is -0.340 e. The molecule has 19 heavy (non-hydrogen) atoms. The van der Waals surface area contributed by atoms with Crippen molar-refractivity contribution in [3.05, 3.63) is 51.7 Å². The van der Waals surface area contributed by atoms with Crippen LogP contribution >= 0.6 is 0 Å². The summed E-state index contributed by atoms with van der Waals surface area (Å²) in [6, 6.07) is 6.47. The van der Waals surface area contributed by atoms with Gasteiger partial charge in [0.1, 0.15) is 0 Å². The van der Waals surface area contributed by atoms with Crippen LogP contribution in [0.25, 0.3) is 0 Å². The fraction of sp³-hybridized carbons (Fsp3) is 0.333. The molecule has 0 bridgehead atoms. The summed E-state index contributed by atoms with van der Waals surface area (Å²) in [5, 5.41) is 17.8. The van der Waals surface area contributed by atoms with Gasteiger partial charge in [0.15, 0.2) is 5.82 Å². The molecule has 1 heterocycles. The van der Waals surface area contributed by atoms with E-state index in [9.17, 15) is 10.1 Å². The molecule has 1 aromatic heterocycles. The van der Waals surface area contributed by atoms with Crippen molar-refractivity contribution in [2.24, 2.45) is 0 Å². The van der Waals surface area contributed by atoms with E-state index in [1.54, 1.807) is 25.1 Å². The van der Waals surface area contributed by atoms with Gasteiger partial charge in [0, 0.05) is 24.6 Å². The van der Waals surface area contributed by atoms with Crippen LogP contribution < -0.4 is 5.32 Å². The fourth-order valence-corrected chi connectivity index (χ4v) is 1.79. The first kappa shape index (κ1) is 13.2. The molecule has 1 unspecified atom stereocenters. The van der Waals surface area contributed by atoms with E-state index in [-0.39, 0.29) is 16.7 Å². The van der Waals surface area contributed by atoms with E-state index in [1.165, 1.54) is 6.07 Å². The van der Waals surface area contributed by atoms with Gasteiger partial charge in [-0.25, -0.2) is 0 Å². The Morgan fingerprint density at radius 3 is 2.84 bits per heavy atom. The highest BCUT2D eigenvalue weighted by Crippen LogP contribution is 2.24. The van der Waals surface area contributed by atoms with Gasteiger partial charge < -0.3 is 9.84 Å². The van der Waals surface area contributed by atoms with Gasteiger partial charge in [-0.3, -0.25) is 10.1 Å². The summed E-state index contributed by atoms with van der Waals surface area (Å²) in [5.41, 5.74) is 0.736. The van der Waals surface area contributed by atoms with Crippen LogP contribution in [-0.2, 0) is 6.54 Å². The van der Waals surface area contributed by atoms with Crippen molar-refractivity contribution in [1.29, 1.82) is 0 Å². The number of benzene rings is 1. The molecule has 1 aromatic carbocycles. The number of nitrogens with one attached hydrogen (secondary N) is 1. The summed E-state index contributed by atoms with van der Waals surface area (Å²) in [6.45, 7) is 3.96. The van der Waals surface area contributed by atoms with Crippen molar-refractivity contribution in [2.75, 3.05) is 0 Å². The molecule has 7 heteroatoms. The molecular formula is C12H14N4O3. The second-order valence-electron chi connectivity index (χ2n) is 4.15. The Balaban J connectivity index is 2.07. The van der Waals surface area contributed by atoms with Crippen molar-refractivity contribution < 1.29 is 9.45 Å². The van der Waals surface area contributed by atoms with E-state index >= 15 is 0 Å². The van der Waals surface area contributed by atoms with Crippen molar-refractivity contribution in [3.63, 3.8) is 0 Å². The first-order chi connectivity index (χ1) is 9.08. The highest BCUT2D eigenvalue weighted by atomic mass is 16.6. The molecular weight excluding hydrogens is 248 g/mol. The van der Waals surface area contributed by atoms with Gasteiger partial charge in [-0.1, -0.05) is 23.4 Å². The van der Waals surface area contributed by atoms with Crippen molar-refractivity contribution in [1.82, 2.24) is 15.5 Å². The lowest BCUT2D eigenvalue weighted by molar-refractivity contribution is -0.385. The molecule has 0 spiro atoms. The van der Waals surface area contributed by atoms with Gasteiger partial charge in [-0.05, 0) is 6.92 Å². The molecule has 0 aliphatic heterocycles. The molecule has 2 aromatic rings. The Kier molecular flexibility index (Phi) is 3.86. The summed E-state index contributed by atoms with van der Waals surface area (Å²) >= 11 is 0. The van der Waals surface area contributed by atoms with Gasteiger partial charge in [0.25, 0.3) is 5.69 Å². The van der Waals surface area contributed by atoms with Crippen molar-refractivity contribution in [3.8, 4) is 0 Å². The third-order valence-electron chi connectivity index (χ3n) is 2.74. The molecule has 0 saturated heterocycles. The van der Waals surface area contributed by atoms with Crippen LogP contribution in [-0.4, -0.2) is 15.1 Å². The maximum atomic E-state index is 10.9. The maximum Gasteiger partial charge on any atom is 0.274 e. The van der Waals surface area contributed by atoms with E-state index in [0.29, 0.717) is 23.8 Å². The molecule has 0 aliphatic carbocycles. The number of rotatable bonds is 5. The van der Waals surface area contributed by atoms with Crippen molar-refractivity contribution in [2.45, 2.75) is 26.4 Å². The van der Waals surface area contributed by atoms with E-state index < -0.39 is 0 Å². The Morgan fingerprint density at radius 2 is 2.21 bits per heavy atom. The minimum atomic E-state index is -0.383. The summed E-state index contributed by atoms with van der Waals surface area (Å²) in [4.78, 5) is 14.6. The Hall–Kier alpha value is -2.28. The lowest BCUT2D eigenvalue weighted by atomic mass is 10.1. The topological polar surface area (TPSA) is 94.1 Å². The highest BCUT2D eigenvalue weighted by Gasteiger charge is 2.18. The van der Waals surface area contributed by atoms with Crippen LogP contribution in [0.4, 0.5) is 5.69 Å². The summed E-state index contributed by atoms with van der Waals surface area (Å²) in [7, 11) is 0. The van der Waals surface area contributed by atoms with E-state index in [2.05, 4.69) is 15.5 Å². The van der Waals surface area contributed by atoms with Gasteiger partial charge in [0.05, 0.1) is 11.5 Å². The minimum absolute atomic E-state index is 0.104. The maximum absolute atomic E-state index is 10.9. The number of aromatic nitrogens is 2. The first-order valence-corrected chi connectivity index (χ1v) is 5.84. The molecule has 7 nitrogen and oxygen atoms in total. The quantitative estimate of drug-likeness (QED) is 0.655. The third kappa shape index (κ3) is 3.14. The average Bonchev–Trinajstić information content (AvgIpc) is 2.81. The Bertz CT molecular complexity index is 582. The van der Waals surface area contributed by atoms with Crippen LogP contribution in [0.2, 0.25) is 0 Å². The number of aryl methyl sites for hydroxylation is 1. The number of hydrogen-bond acceptors (Lipinski definition) is 6. The molecule has 0 aliphatic rings. The standard InChI is InChI=1S/C12H14N4O3/c1-8(13-7-12-14-9(2)19-15-12)10-5-3-4-6-11(10)16(17)18/h3-6,8,13H,7H2,1-2H3. The molecule has 2 rings (SSSR count). The van der Waals surface area contributed by atoms with Crippen LogP contribution in [0.15, 0.2) is 28.8 Å². The second kappa shape index (κ2) is 5.57. The fourth-order valence-electron chi connectivity index (χ4n) is 1.79. The number of hydrogen-bond donors (Lipinski definition) is 1. The number of para-hydroxylation sites is 1. The molecule has 0 saturated carbocycles. The van der Waals surface area contributed by atoms with Gasteiger partial charge in [-0.15, -0.1) is 0 Å². The van der Waals surface area contributed by atoms with Gasteiger partial charge in [0.2, 0.25) is 5.89 Å². The summed E-state index contributed by atoms with van der Waals surface area (Å²) in [6.07, 6.45) is 0. The number of nitro groups is 1. The van der Waals surface area contributed by atoms with E-state index in [0.717, 1.165) is 0 Å².